The van der Waals surface area contributed by atoms with Gasteiger partial charge in [0.25, 0.3) is 0 Å². The summed E-state index contributed by atoms with van der Waals surface area (Å²) < 4.78 is 0. The molecule has 2 nitrogen and oxygen atoms in total. The summed E-state index contributed by atoms with van der Waals surface area (Å²) in [5.74, 6) is 0. The minimum absolute atomic E-state index is 0.698. The van der Waals surface area contributed by atoms with E-state index in [1.165, 1.54) is 0 Å². The molecule has 4 aromatic rings. The first-order valence-electron chi connectivity index (χ1n) is 7.49. The Morgan fingerprint density at radius 3 is 1.78 bits per heavy atom. The van der Waals surface area contributed by atoms with Gasteiger partial charge in [0, 0.05) is 16.5 Å². The van der Waals surface area contributed by atoms with Crippen LogP contribution in [0.3, 0.4) is 0 Å². The van der Waals surface area contributed by atoms with Crippen LogP contribution in [-0.4, -0.2) is 0 Å². The molecule has 0 aliphatic carbocycles. The standard InChI is InChI=1S/C21H14N2/c22-13-14-9-10-18(16-6-2-1-5-15(14)16)19-11-12-21(23)20-8-4-3-7-17(19)20/h1-12H,23H2. The topological polar surface area (TPSA) is 49.8 Å². The van der Waals surface area contributed by atoms with Gasteiger partial charge >= 0.3 is 0 Å². The normalized spacial score (nSPS) is 10.7. The number of hydrogen-bond donors (Lipinski definition) is 1. The van der Waals surface area contributed by atoms with Crippen molar-refractivity contribution in [3.8, 4) is 17.2 Å². The maximum Gasteiger partial charge on any atom is 0.0998 e. The quantitative estimate of drug-likeness (QED) is 0.496. The number of nitrogens with zero attached hydrogens (tertiary/aromatic N) is 1. The van der Waals surface area contributed by atoms with E-state index in [0.29, 0.717) is 5.56 Å². The zero-order chi connectivity index (χ0) is 15.8. The zero-order valence-electron chi connectivity index (χ0n) is 12.5. The second-order valence-electron chi connectivity index (χ2n) is 5.57. The molecule has 0 aliphatic heterocycles. The third-order valence-corrected chi connectivity index (χ3v) is 4.29. The van der Waals surface area contributed by atoms with E-state index in [4.69, 9.17) is 5.73 Å². The average Bonchev–Trinajstić information content (AvgIpc) is 2.62. The van der Waals surface area contributed by atoms with Gasteiger partial charge in [0.15, 0.2) is 0 Å². The lowest BCUT2D eigenvalue weighted by Gasteiger charge is -2.12. The van der Waals surface area contributed by atoms with Gasteiger partial charge in [-0.3, -0.25) is 0 Å². The third kappa shape index (κ3) is 2.03. The van der Waals surface area contributed by atoms with Crippen molar-refractivity contribution in [2.75, 3.05) is 5.73 Å². The zero-order valence-corrected chi connectivity index (χ0v) is 12.5. The summed E-state index contributed by atoms with van der Waals surface area (Å²) in [4.78, 5) is 0. The van der Waals surface area contributed by atoms with Gasteiger partial charge in [0.2, 0.25) is 0 Å². The van der Waals surface area contributed by atoms with Crippen LogP contribution in [0.25, 0.3) is 32.7 Å². The van der Waals surface area contributed by atoms with E-state index in [-0.39, 0.29) is 0 Å². The van der Waals surface area contributed by atoms with Crippen LogP contribution in [0, 0.1) is 11.3 Å². The third-order valence-electron chi connectivity index (χ3n) is 4.29. The SMILES string of the molecule is N#Cc1ccc(-c2ccc(N)c3ccccc23)c2ccccc12. The Morgan fingerprint density at radius 1 is 0.609 bits per heavy atom. The van der Waals surface area contributed by atoms with Crippen LogP contribution in [0.1, 0.15) is 5.56 Å². The van der Waals surface area contributed by atoms with Crippen molar-refractivity contribution in [3.05, 3.63) is 78.4 Å². The van der Waals surface area contributed by atoms with Crippen molar-refractivity contribution >= 4 is 27.2 Å². The van der Waals surface area contributed by atoms with E-state index in [0.717, 1.165) is 38.4 Å². The van der Waals surface area contributed by atoms with E-state index in [1.54, 1.807) is 0 Å². The number of rotatable bonds is 1. The fourth-order valence-electron chi connectivity index (χ4n) is 3.19. The van der Waals surface area contributed by atoms with Crippen molar-refractivity contribution < 1.29 is 0 Å². The molecule has 0 aromatic heterocycles. The number of fused-ring (bicyclic) bond motifs is 2. The molecule has 0 atom stereocenters. The predicted molar refractivity (Wildman–Crippen MR) is 96.0 cm³/mol. The van der Waals surface area contributed by atoms with Crippen molar-refractivity contribution in [1.82, 2.24) is 0 Å². The molecule has 2 N–H and O–H groups in total. The summed E-state index contributed by atoms with van der Waals surface area (Å²) in [6, 6.07) is 26.4. The van der Waals surface area contributed by atoms with Crippen LogP contribution in [-0.2, 0) is 0 Å². The highest BCUT2D eigenvalue weighted by atomic mass is 14.5. The molecule has 108 valence electrons. The number of nitrogen functional groups attached to an aromatic ring is 1. The van der Waals surface area contributed by atoms with Gasteiger partial charge in [0.1, 0.15) is 0 Å². The Balaban J connectivity index is 2.13. The molecule has 4 rings (SSSR count). The minimum atomic E-state index is 0.698. The van der Waals surface area contributed by atoms with Crippen LogP contribution in [0.15, 0.2) is 72.8 Å². The minimum Gasteiger partial charge on any atom is -0.398 e. The molecule has 0 heterocycles. The number of hydrogen-bond acceptors (Lipinski definition) is 2. The molecule has 0 amide bonds. The Morgan fingerprint density at radius 2 is 1.13 bits per heavy atom. The first-order chi connectivity index (χ1) is 11.3. The average molecular weight is 294 g/mol. The molecule has 2 heteroatoms. The van der Waals surface area contributed by atoms with Gasteiger partial charge in [-0.1, -0.05) is 60.7 Å². The lowest BCUT2D eigenvalue weighted by atomic mass is 9.92. The highest BCUT2D eigenvalue weighted by Gasteiger charge is 2.11. The Hall–Kier alpha value is -3.31. The molecular formula is C21H14N2. The first kappa shape index (κ1) is 13.4. The van der Waals surface area contributed by atoms with E-state index < -0.39 is 0 Å². The molecule has 23 heavy (non-hydrogen) atoms. The predicted octanol–water partition coefficient (Wildman–Crippen LogP) is 5.11. The van der Waals surface area contributed by atoms with Crippen molar-refractivity contribution in [1.29, 1.82) is 5.26 Å². The van der Waals surface area contributed by atoms with Gasteiger partial charge in [-0.15, -0.1) is 0 Å². The fraction of sp³-hybridized carbons (Fsp3) is 0. The Labute approximate surface area is 134 Å². The molecule has 0 saturated carbocycles. The van der Waals surface area contributed by atoms with E-state index in [1.807, 2.05) is 54.6 Å². The Bertz CT molecular complexity index is 1090. The highest BCUT2D eigenvalue weighted by molar-refractivity contribution is 6.09. The van der Waals surface area contributed by atoms with Gasteiger partial charge in [-0.2, -0.15) is 5.26 Å². The van der Waals surface area contributed by atoms with E-state index in [2.05, 4.69) is 24.3 Å². The second kappa shape index (κ2) is 5.15. The van der Waals surface area contributed by atoms with Gasteiger partial charge in [-0.05, 0) is 34.0 Å². The molecule has 0 aliphatic rings. The van der Waals surface area contributed by atoms with Crippen molar-refractivity contribution in [2.24, 2.45) is 0 Å². The van der Waals surface area contributed by atoms with Crippen LogP contribution in [0.4, 0.5) is 5.69 Å². The monoisotopic (exact) mass is 294 g/mol. The van der Waals surface area contributed by atoms with Crippen LogP contribution in [0.5, 0.6) is 0 Å². The maximum atomic E-state index is 9.34. The molecule has 0 bridgehead atoms. The van der Waals surface area contributed by atoms with Crippen molar-refractivity contribution in [3.63, 3.8) is 0 Å². The summed E-state index contributed by atoms with van der Waals surface area (Å²) in [7, 11) is 0. The van der Waals surface area contributed by atoms with Gasteiger partial charge in [-0.25, -0.2) is 0 Å². The number of anilines is 1. The molecule has 4 aromatic carbocycles. The molecule has 0 fully saturated rings. The van der Waals surface area contributed by atoms with Crippen LogP contribution < -0.4 is 5.73 Å². The number of nitriles is 1. The Kier molecular flexibility index (Phi) is 2.99. The highest BCUT2D eigenvalue weighted by Crippen LogP contribution is 2.36. The van der Waals surface area contributed by atoms with Gasteiger partial charge < -0.3 is 5.73 Å². The summed E-state index contributed by atoms with van der Waals surface area (Å²) in [6.45, 7) is 0. The largest absolute Gasteiger partial charge is 0.398 e. The molecule has 0 spiro atoms. The van der Waals surface area contributed by atoms with E-state index in [9.17, 15) is 5.26 Å². The lowest BCUT2D eigenvalue weighted by Crippen LogP contribution is -1.90. The fourth-order valence-corrected chi connectivity index (χ4v) is 3.19. The number of nitrogens with two attached hydrogens (primary N) is 1. The summed E-state index contributed by atoms with van der Waals surface area (Å²) in [6.07, 6.45) is 0. The van der Waals surface area contributed by atoms with Gasteiger partial charge in [0.05, 0.1) is 11.6 Å². The second-order valence-corrected chi connectivity index (χ2v) is 5.57. The number of benzene rings is 4. The van der Waals surface area contributed by atoms with Crippen molar-refractivity contribution in [2.45, 2.75) is 0 Å². The van der Waals surface area contributed by atoms with Crippen LogP contribution in [0.2, 0.25) is 0 Å². The smallest absolute Gasteiger partial charge is 0.0998 e. The molecular weight excluding hydrogens is 280 g/mol. The summed E-state index contributed by atoms with van der Waals surface area (Å²) in [5.41, 5.74) is 9.85. The summed E-state index contributed by atoms with van der Waals surface area (Å²) in [5, 5.41) is 13.6. The molecule has 0 saturated heterocycles. The molecule has 0 unspecified atom stereocenters. The summed E-state index contributed by atoms with van der Waals surface area (Å²) >= 11 is 0. The first-order valence-corrected chi connectivity index (χ1v) is 7.49. The maximum absolute atomic E-state index is 9.34. The van der Waals surface area contributed by atoms with Crippen LogP contribution >= 0.6 is 0 Å². The van der Waals surface area contributed by atoms with E-state index >= 15 is 0 Å². The molecule has 0 radical (unpaired) electrons. The lowest BCUT2D eigenvalue weighted by molar-refractivity contribution is 1.50.